The molecule has 0 fully saturated rings. The van der Waals surface area contributed by atoms with Gasteiger partial charge in [-0.25, -0.2) is 4.99 Å². The standard InChI is InChI=1S/C41H45N5O13/c1-20(2)37(46-38(54)28(14-15-33(48)49)44-40(56)29(18-34(50)51)42-22(4)47)41(57)45-30(19-35(52)53)39(55)43-23-10-12-26-31(16-23)59-32-17-24(58-5)11-13-27(32)36(26)25-9-7-6-8-21(25)3/h6-13,16-17,20,28-30,37H,14-15,18-19H2,1-5H3,(H,42,47)(H,44,56)(H,45,57)(H,46,54)(H,48,49)(H,50,51)(H,52,53)/t28-,29-,30-,37-/m0/s1. The highest BCUT2D eigenvalue weighted by atomic mass is 16.5. The van der Waals surface area contributed by atoms with Crippen LogP contribution in [0.4, 0.5) is 0 Å². The van der Waals surface area contributed by atoms with Gasteiger partial charge in [-0.15, -0.1) is 0 Å². The van der Waals surface area contributed by atoms with Crippen LogP contribution >= 0.6 is 0 Å². The zero-order valence-corrected chi connectivity index (χ0v) is 32.9. The van der Waals surface area contributed by atoms with Crippen LogP contribution in [0, 0.1) is 12.8 Å². The lowest BCUT2D eigenvalue weighted by molar-refractivity contribution is -0.142. The molecule has 2 aromatic carbocycles. The molecule has 7 N–H and O–H groups in total. The Balaban J connectivity index is 1.64. The van der Waals surface area contributed by atoms with Gasteiger partial charge in [-0.2, -0.15) is 0 Å². The number of amides is 5. The largest absolute Gasteiger partial charge is 0.497 e. The maximum atomic E-state index is 13.6. The van der Waals surface area contributed by atoms with Crippen LogP contribution in [-0.2, 0) is 38.4 Å². The average Bonchev–Trinajstić information content (AvgIpc) is 3.16. The fraction of sp³-hybridized carbons (Fsp3) is 0.341. The quantitative estimate of drug-likeness (QED) is 0.0712. The van der Waals surface area contributed by atoms with E-state index in [9.17, 15) is 53.7 Å². The third-order valence-corrected chi connectivity index (χ3v) is 9.16. The van der Waals surface area contributed by atoms with Gasteiger partial charge in [0.1, 0.15) is 41.3 Å². The minimum atomic E-state index is -1.72. The third kappa shape index (κ3) is 12.0. The Morgan fingerprint density at radius 2 is 1.37 bits per heavy atom. The first-order valence-electron chi connectivity index (χ1n) is 18.4. The minimum Gasteiger partial charge on any atom is -0.497 e. The molecule has 0 unspecified atom stereocenters. The number of carbonyl (C=O) groups excluding carboxylic acids is 5. The van der Waals surface area contributed by atoms with Crippen LogP contribution in [0.15, 0.2) is 70.1 Å². The summed E-state index contributed by atoms with van der Waals surface area (Å²) in [6, 6.07) is 11.5. The molecule has 1 aliphatic carbocycles. The molecule has 4 atom stereocenters. The van der Waals surface area contributed by atoms with E-state index in [2.05, 4.69) is 26.3 Å². The second-order valence-electron chi connectivity index (χ2n) is 14.0. The van der Waals surface area contributed by atoms with Gasteiger partial charge in [0.05, 0.1) is 25.3 Å². The molecule has 0 spiro atoms. The molecule has 4 rings (SSSR count). The molecule has 2 aliphatic rings. The smallest absolute Gasteiger partial charge is 0.305 e. The Hall–Kier alpha value is -7.11. The van der Waals surface area contributed by atoms with Crippen LogP contribution in [0.2, 0.25) is 0 Å². The summed E-state index contributed by atoms with van der Waals surface area (Å²) < 4.78 is 11.7. The van der Waals surface area contributed by atoms with E-state index in [0.717, 1.165) is 29.0 Å². The van der Waals surface area contributed by atoms with Crippen molar-refractivity contribution in [3.63, 3.8) is 0 Å². The molecule has 0 radical (unpaired) electrons. The molecule has 18 heteroatoms. The summed E-state index contributed by atoms with van der Waals surface area (Å²) in [6.07, 6.45) is -2.87. The lowest BCUT2D eigenvalue weighted by Crippen LogP contribution is -2.59. The van der Waals surface area contributed by atoms with E-state index in [1.165, 1.54) is 27.0 Å². The number of aryl methyl sites for hydroxylation is 1. The Kier molecular flexibility index (Phi) is 15.0. The van der Waals surface area contributed by atoms with Crippen molar-refractivity contribution >= 4 is 58.4 Å². The molecule has 1 aliphatic heterocycles. The topological polar surface area (TPSA) is 280 Å². The zero-order valence-electron chi connectivity index (χ0n) is 32.9. The molecule has 5 amide bonds. The van der Waals surface area contributed by atoms with E-state index in [0.29, 0.717) is 22.7 Å². The van der Waals surface area contributed by atoms with E-state index in [1.807, 2.05) is 43.3 Å². The van der Waals surface area contributed by atoms with Gasteiger partial charge in [-0.3, -0.25) is 38.4 Å². The van der Waals surface area contributed by atoms with E-state index in [-0.39, 0.29) is 5.36 Å². The number of methoxy groups -OCH3 is 1. The van der Waals surface area contributed by atoms with Crippen molar-refractivity contribution < 1.29 is 62.8 Å². The van der Waals surface area contributed by atoms with Crippen molar-refractivity contribution in [2.75, 3.05) is 7.11 Å². The molecule has 59 heavy (non-hydrogen) atoms. The highest BCUT2D eigenvalue weighted by Crippen LogP contribution is 2.41. The van der Waals surface area contributed by atoms with E-state index in [4.69, 9.17) is 9.15 Å². The number of ether oxygens (including phenoxy) is 1. The predicted octanol–water partition coefficient (Wildman–Crippen LogP) is 2.38. The second kappa shape index (κ2) is 19.8. The summed E-state index contributed by atoms with van der Waals surface area (Å²) in [5, 5.41) is 38.1. The van der Waals surface area contributed by atoms with Crippen LogP contribution in [-0.4, -0.2) is 94.0 Å². The van der Waals surface area contributed by atoms with Gasteiger partial charge in [0, 0.05) is 42.0 Å². The highest BCUT2D eigenvalue weighted by Gasteiger charge is 2.34. The van der Waals surface area contributed by atoms with Crippen LogP contribution < -0.4 is 31.4 Å². The fourth-order valence-electron chi connectivity index (χ4n) is 6.27. The first kappa shape index (κ1) is 44.6. The first-order chi connectivity index (χ1) is 27.9. The molecule has 0 bridgehead atoms. The number of carboxylic acid groups (broad SMARTS) is 3. The molecule has 0 saturated carbocycles. The first-order valence-corrected chi connectivity index (χ1v) is 18.4. The minimum absolute atomic E-state index is 0.0834. The lowest BCUT2D eigenvalue weighted by Gasteiger charge is -2.27. The Bertz CT molecular complexity index is 2300. The summed E-state index contributed by atoms with van der Waals surface area (Å²) >= 11 is 0. The van der Waals surface area contributed by atoms with Crippen LogP contribution in [0.1, 0.15) is 52.0 Å². The molecular weight excluding hydrogens is 770 g/mol. The number of rotatable bonds is 18. The maximum Gasteiger partial charge on any atom is 0.305 e. The number of carboxylic acids is 3. The number of nitrogens with zero attached hydrogens (tertiary/aromatic N) is 1. The van der Waals surface area contributed by atoms with E-state index < -0.39 is 103 Å². The van der Waals surface area contributed by atoms with Crippen molar-refractivity contribution in [3.05, 3.63) is 71.6 Å². The van der Waals surface area contributed by atoms with Crippen LogP contribution in [0.25, 0.3) is 33.4 Å². The van der Waals surface area contributed by atoms with Gasteiger partial charge in [0.2, 0.25) is 23.6 Å². The van der Waals surface area contributed by atoms with Crippen molar-refractivity contribution in [3.8, 4) is 28.2 Å². The van der Waals surface area contributed by atoms with Crippen molar-refractivity contribution in [1.82, 2.24) is 21.3 Å². The molecule has 312 valence electrons. The Morgan fingerprint density at radius 1 is 0.729 bits per heavy atom. The molecule has 18 nitrogen and oxygen atoms in total. The van der Waals surface area contributed by atoms with Crippen molar-refractivity contribution in [2.24, 2.45) is 10.9 Å². The average molecular weight is 816 g/mol. The van der Waals surface area contributed by atoms with Gasteiger partial charge in [-0.05, 0) is 54.7 Å². The SMILES string of the molecule is COc1ccc2c(-c3ccccc3C)c3ccc(=NC(=O)[C@H](CC(=O)O)NC(=O)[C@@H](NC(=O)[C@H](CCC(=O)O)NC(=O)[C@H](CC(=O)O)NC(C)=O)C(C)C)cc-3oc2c1. The molecule has 0 saturated heterocycles. The number of nitrogens with one attached hydrogen (secondary N) is 4. The predicted molar refractivity (Wildman–Crippen MR) is 210 cm³/mol. The summed E-state index contributed by atoms with van der Waals surface area (Å²) in [5.74, 6) is -8.98. The second-order valence-corrected chi connectivity index (χ2v) is 14.0. The molecule has 2 aromatic rings. The number of carbonyl (C=O) groups is 8. The zero-order chi connectivity index (χ0) is 43.6. The van der Waals surface area contributed by atoms with Gasteiger partial charge < -0.3 is 45.7 Å². The van der Waals surface area contributed by atoms with Gasteiger partial charge >= 0.3 is 17.9 Å². The van der Waals surface area contributed by atoms with Crippen LogP contribution in [0.5, 0.6) is 5.75 Å². The summed E-state index contributed by atoms with van der Waals surface area (Å²) in [4.78, 5) is 104. The van der Waals surface area contributed by atoms with Crippen LogP contribution in [0.3, 0.4) is 0 Å². The summed E-state index contributed by atoms with van der Waals surface area (Å²) in [5.41, 5.74) is 3.96. The molecule has 1 heterocycles. The third-order valence-electron chi connectivity index (χ3n) is 9.16. The lowest BCUT2D eigenvalue weighted by atomic mass is 9.91. The molecular formula is C41H45N5O13. The van der Waals surface area contributed by atoms with E-state index in [1.54, 1.807) is 18.2 Å². The van der Waals surface area contributed by atoms with Crippen molar-refractivity contribution in [2.45, 2.75) is 77.5 Å². The number of hydrogen-bond acceptors (Lipinski definition) is 10. The summed E-state index contributed by atoms with van der Waals surface area (Å²) in [6.45, 7) is 6.06. The number of fused-ring (bicyclic) bond motifs is 2. The van der Waals surface area contributed by atoms with Gasteiger partial charge in [-0.1, -0.05) is 38.1 Å². The summed E-state index contributed by atoms with van der Waals surface area (Å²) in [7, 11) is 1.52. The fourth-order valence-corrected chi connectivity index (χ4v) is 6.27. The molecule has 0 aromatic heterocycles. The van der Waals surface area contributed by atoms with E-state index >= 15 is 0 Å². The maximum absolute atomic E-state index is 13.6. The van der Waals surface area contributed by atoms with Crippen molar-refractivity contribution in [1.29, 1.82) is 0 Å². The highest BCUT2D eigenvalue weighted by molar-refractivity contribution is 6.03. The Labute approximate surface area is 337 Å². The number of hydrogen-bond donors (Lipinski definition) is 7. The Morgan fingerprint density at radius 3 is 1.98 bits per heavy atom. The van der Waals surface area contributed by atoms with Gasteiger partial charge in [0.15, 0.2) is 0 Å². The number of benzene rings is 3. The monoisotopic (exact) mass is 815 g/mol. The normalized spacial score (nSPS) is 13.5. The number of aliphatic carboxylic acids is 3. The van der Waals surface area contributed by atoms with Gasteiger partial charge in [0.25, 0.3) is 5.91 Å².